The number of hydrogen-bond acceptors (Lipinski definition) is 2. The van der Waals surface area contributed by atoms with Gasteiger partial charge in [-0.05, 0) is 19.9 Å². The molecule has 3 heteroatoms. The molecule has 3 nitrogen and oxygen atoms in total. The van der Waals surface area contributed by atoms with Crippen LogP contribution in [0.4, 0.5) is 0 Å². The Morgan fingerprint density at radius 2 is 2.00 bits per heavy atom. The van der Waals surface area contributed by atoms with Gasteiger partial charge in [0.05, 0.1) is 0 Å². The Morgan fingerprint density at radius 3 is 2.54 bits per heavy atom. The van der Waals surface area contributed by atoms with E-state index in [1.165, 1.54) is 19.3 Å². The van der Waals surface area contributed by atoms with Crippen LogP contribution < -0.4 is 5.32 Å². The van der Waals surface area contributed by atoms with Gasteiger partial charge in [0, 0.05) is 26.1 Å². The van der Waals surface area contributed by atoms with Crippen molar-refractivity contribution in [3.63, 3.8) is 0 Å². The van der Waals surface area contributed by atoms with Crippen molar-refractivity contribution >= 4 is 5.91 Å². The lowest BCUT2D eigenvalue weighted by atomic mass is 9.89. The molecule has 1 saturated carbocycles. The van der Waals surface area contributed by atoms with Crippen LogP contribution >= 0.6 is 0 Å². The van der Waals surface area contributed by atoms with E-state index in [0.29, 0.717) is 12.1 Å². The lowest BCUT2D eigenvalue weighted by Crippen LogP contribution is -2.50. The molecule has 1 rings (SSSR count). The molecule has 0 saturated heterocycles. The second kappa shape index (κ2) is 4.61. The second-order valence-electron chi connectivity index (χ2n) is 3.88. The molecule has 1 N–H and O–H groups in total. The lowest BCUT2D eigenvalue weighted by molar-refractivity contribution is -0.130. The highest BCUT2D eigenvalue weighted by atomic mass is 16.2. The average molecular weight is 184 g/mol. The van der Waals surface area contributed by atoms with E-state index in [0.717, 1.165) is 6.42 Å². The summed E-state index contributed by atoms with van der Waals surface area (Å²) >= 11 is 0. The summed E-state index contributed by atoms with van der Waals surface area (Å²) < 4.78 is 0. The summed E-state index contributed by atoms with van der Waals surface area (Å²) in [5, 5.41) is 3.30. The summed E-state index contributed by atoms with van der Waals surface area (Å²) in [6.45, 7) is 1.64. The fraction of sp³-hybridized carbons (Fsp3) is 0.900. The predicted molar refractivity (Wildman–Crippen MR) is 53.5 cm³/mol. The molecule has 76 valence electrons. The second-order valence-corrected chi connectivity index (χ2v) is 3.88. The third-order valence-corrected chi connectivity index (χ3v) is 3.09. The van der Waals surface area contributed by atoms with E-state index in [9.17, 15) is 4.79 Å². The number of nitrogens with zero attached hydrogens (tertiary/aromatic N) is 1. The summed E-state index contributed by atoms with van der Waals surface area (Å²) in [6, 6.07) is 0.888. The minimum absolute atomic E-state index is 0.173. The number of rotatable bonds is 2. The molecule has 13 heavy (non-hydrogen) atoms. The van der Waals surface area contributed by atoms with E-state index in [-0.39, 0.29) is 5.91 Å². The molecule has 0 unspecified atom stereocenters. The highest BCUT2D eigenvalue weighted by Gasteiger charge is 2.27. The Balaban J connectivity index is 2.58. The average Bonchev–Trinajstić information content (AvgIpc) is 2.16. The van der Waals surface area contributed by atoms with Gasteiger partial charge >= 0.3 is 0 Å². The van der Waals surface area contributed by atoms with Gasteiger partial charge in [0.25, 0.3) is 0 Å². The molecule has 0 aromatic carbocycles. The van der Waals surface area contributed by atoms with E-state index in [1.54, 1.807) is 6.92 Å². The van der Waals surface area contributed by atoms with Crippen LogP contribution in [-0.2, 0) is 4.79 Å². The van der Waals surface area contributed by atoms with Gasteiger partial charge in [0.1, 0.15) is 0 Å². The van der Waals surface area contributed by atoms with Crippen molar-refractivity contribution in [3.05, 3.63) is 0 Å². The molecule has 1 aliphatic carbocycles. The topological polar surface area (TPSA) is 32.3 Å². The SMILES string of the molecule is CN[C@H]1CCCC[C@@H]1N(C)C(C)=O. The van der Waals surface area contributed by atoms with Crippen molar-refractivity contribution in [3.8, 4) is 0 Å². The van der Waals surface area contributed by atoms with Gasteiger partial charge in [0.15, 0.2) is 0 Å². The molecular weight excluding hydrogens is 164 g/mol. The molecule has 0 radical (unpaired) electrons. The number of carbonyl (C=O) groups is 1. The van der Waals surface area contributed by atoms with Crippen LogP contribution in [0.25, 0.3) is 0 Å². The molecule has 1 aliphatic rings. The zero-order chi connectivity index (χ0) is 9.84. The fourth-order valence-corrected chi connectivity index (χ4v) is 2.15. The molecule has 1 fully saturated rings. The maximum atomic E-state index is 11.2. The molecule has 0 aliphatic heterocycles. The quantitative estimate of drug-likeness (QED) is 0.694. The van der Waals surface area contributed by atoms with Crippen molar-refractivity contribution in [2.75, 3.05) is 14.1 Å². The van der Waals surface area contributed by atoms with E-state index in [4.69, 9.17) is 0 Å². The summed E-state index contributed by atoms with van der Waals surface area (Å²) in [4.78, 5) is 13.1. The van der Waals surface area contributed by atoms with Crippen LogP contribution in [0.2, 0.25) is 0 Å². The summed E-state index contributed by atoms with van der Waals surface area (Å²) in [5.41, 5.74) is 0. The largest absolute Gasteiger partial charge is 0.341 e. The number of likely N-dealkylation sites (N-methyl/N-ethyl adjacent to an activating group) is 2. The monoisotopic (exact) mass is 184 g/mol. The summed E-state index contributed by atoms with van der Waals surface area (Å²) in [6.07, 6.45) is 4.87. The minimum Gasteiger partial charge on any atom is -0.341 e. The van der Waals surface area contributed by atoms with Crippen LogP contribution in [0, 0.1) is 0 Å². The van der Waals surface area contributed by atoms with Crippen LogP contribution in [-0.4, -0.2) is 37.0 Å². The lowest BCUT2D eigenvalue weighted by Gasteiger charge is -2.37. The van der Waals surface area contributed by atoms with E-state index >= 15 is 0 Å². The standard InChI is InChI=1S/C10H20N2O/c1-8(13)12(3)10-7-5-4-6-9(10)11-2/h9-11H,4-7H2,1-3H3/t9-,10-/m0/s1. The van der Waals surface area contributed by atoms with Crippen LogP contribution in [0.15, 0.2) is 0 Å². The van der Waals surface area contributed by atoms with Crippen molar-refractivity contribution in [1.29, 1.82) is 0 Å². The first-order valence-corrected chi connectivity index (χ1v) is 5.07. The van der Waals surface area contributed by atoms with Gasteiger partial charge in [-0.3, -0.25) is 4.79 Å². The number of nitrogens with one attached hydrogen (secondary N) is 1. The van der Waals surface area contributed by atoms with Gasteiger partial charge in [-0.1, -0.05) is 12.8 Å². The molecule has 0 bridgehead atoms. The molecule has 0 aromatic rings. The molecular formula is C10H20N2O. The number of amides is 1. The smallest absolute Gasteiger partial charge is 0.219 e. The Labute approximate surface area is 80.5 Å². The first-order chi connectivity index (χ1) is 6.16. The highest BCUT2D eigenvalue weighted by Crippen LogP contribution is 2.22. The Morgan fingerprint density at radius 1 is 1.38 bits per heavy atom. The normalized spacial score (nSPS) is 28.5. The Bertz CT molecular complexity index is 182. The predicted octanol–water partition coefficient (Wildman–Crippen LogP) is 0.995. The summed E-state index contributed by atoms with van der Waals surface area (Å²) in [5.74, 6) is 0.173. The Hall–Kier alpha value is -0.570. The van der Waals surface area contributed by atoms with Crippen LogP contribution in [0.3, 0.4) is 0 Å². The third kappa shape index (κ3) is 2.44. The Kier molecular flexibility index (Phi) is 3.72. The first-order valence-electron chi connectivity index (χ1n) is 5.07. The minimum atomic E-state index is 0.173. The van der Waals surface area contributed by atoms with Gasteiger partial charge in [-0.15, -0.1) is 0 Å². The third-order valence-electron chi connectivity index (χ3n) is 3.09. The van der Waals surface area contributed by atoms with Crippen molar-refractivity contribution in [2.24, 2.45) is 0 Å². The maximum Gasteiger partial charge on any atom is 0.219 e. The first kappa shape index (κ1) is 10.5. The van der Waals surface area contributed by atoms with E-state index in [1.807, 2.05) is 19.0 Å². The molecule has 2 atom stereocenters. The van der Waals surface area contributed by atoms with Gasteiger partial charge in [-0.25, -0.2) is 0 Å². The molecule has 1 amide bonds. The van der Waals surface area contributed by atoms with E-state index in [2.05, 4.69) is 5.32 Å². The molecule has 0 spiro atoms. The number of hydrogen-bond donors (Lipinski definition) is 1. The fourth-order valence-electron chi connectivity index (χ4n) is 2.15. The molecule has 0 aromatic heterocycles. The number of carbonyl (C=O) groups excluding carboxylic acids is 1. The van der Waals surface area contributed by atoms with Gasteiger partial charge < -0.3 is 10.2 Å². The maximum absolute atomic E-state index is 11.2. The zero-order valence-corrected chi connectivity index (χ0v) is 8.84. The van der Waals surface area contributed by atoms with Crippen LogP contribution in [0.1, 0.15) is 32.6 Å². The van der Waals surface area contributed by atoms with E-state index < -0.39 is 0 Å². The molecule has 0 heterocycles. The van der Waals surface area contributed by atoms with Crippen molar-refractivity contribution in [2.45, 2.75) is 44.7 Å². The highest BCUT2D eigenvalue weighted by molar-refractivity contribution is 5.73. The van der Waals surface area contributed by atoms with Crippen molar-refractivity contribution in [1.82, 2.24) is 10.2 Å². The van der Waals surface area contributed by atoms with Gasteiger partial charge in [0.2, 0.25) is 5.91 Å². The van der Waals surface area contributed by atoms with Gasteiger partial charge in [-0.2, -0.15) is 0 Å². The zero-order valence-electron chi connectivity index (χ0n) is 8.84. The van der Waals surface area contributed by atoms with Crippen LogP contribution in [0.5, 0.6) is 0 Å². The summed E-state index contributed by atoms with van der Waals surface area (Å²) in [7, 11) is 3.89. The van der Waals surface area contributed by atoms with Crippen molar-refractivity contribution < 1.29 is 4.79 Å².